The molecule has 1 aromatic carbocycles. The average Bonchev–Trinajstić information content (AvgIpc) is 3.06. The summed E-state index contributed by atoms with van der Waals surface area (Å²) in [4.78, 5) is 37.9. The van der Waals surface area contributed by atoms with Crippen LogP contribution < -0.4 is 0 Å². The summed E-state index contributed by atoms with van der Waals surface area (Å²) in [6.45, 7) is 4.57. The van der Waals surface area contributed by atoms with E-state index < -0.39 is 0 Å². The molecule has 0 saturated heterocycles. The number of esters is 1. The van der Waals surface area contributed by atoms with Crippen molar-refractivity contribution < 1.29 is 19.1 Å². The van der Waals surface area contributed by atoms with Crippen LogP contribution in [0.25, 0.3) is 0 Å². The lowest BCUT2D eigenvalue weighted by Crippen LogP contribution is -2.57. The van der Waals surface area contributed by atoms with Gasteiger partial charge >= 0.3 is 5.97 Å². The molecule has 0 amide bonds. The summed E-state index contributed by atoms with van der Waals surface area (Å²) < 4.78 is 6.05. The van der Waals surface area contributed by atoms with Crippen LogP contribution >= 0.6 is 0 Å². The molecule has 4 fully saturated rings. The molecule has 4 aliphatic rings. The molecule has 0 aromatic heterocycles. The molecule has 4 saturated carbocycles. The first kappa shape index (κ1) is 20.0. The van der Waals surface area contributed by atoms with Gasteiger partial charge in [0.25, 0.3) is 0 Å². The number of benzene rings is 1. The van der Waals surface area contributed by atoms with E-state index in [-0.39, 0.29) is 34.6 Å². The summed E-state index contributed by atoms with van der Waals surface area (Å²) in [6.07, 6.45) is 6.50. The number of hydrogen-bond donors (Lipinski definition) is 0. The molecule has 1 aromatic rings. The molecule has 5 rings (SSSR count). The minimum absolute atomic E-state index is 0.0337. The molecular formula is C26H32O4. The average molecular weight is 409 g/mol. The fourth-order valence-electron chi connectivity index (χ4n) is 7.75. The molecule has 4 aliphatic carbocycles. The molecule has 0 unspecified atom stereocenters. The van der Waals surface area contributed by atoms with Crippen molar-refractivity contribution >= 4 is 17.5 Å². The number of carbonyl (C=O) groups excluding carboxylic acids is 3. The Labute approximate surface area is 178 Å². The van der Waals surface area contributed by atoms with Gasteiger partial charge in [-0.2, -0.15) is 0 Å². The second-order valence-electron chi connectivity index (χ2n) is 10.7. The van der Waals surface area contributed by atoms with Gasteiger partial charge in [-0.1, -0.05) is 32.0 Å². The maximum atomic E-state index is 13.1. The molecule has 30 heavy (non-hydrogen) atoms. The van der Waals surface area contributed by atoms with Crippen molar-refractivity contribution in [3.05, 3.63) is 35.9 Å². The summed E-state index contributed by atoms with van der Waals surface area (Å²) >= 11 is 0. The van der Waals surface area contributed by atoms with Crippen molar-refractivity contribution in [3.8, 4) is 0 Å². The van der Waals surface area contributed by atoms with E-state index in [1.807, 2.05) is 18.2 Å². The van der Waals surface area contributed by atoms with Gasteiger partial charge in [0, 0.05) is 30.6 Å². The molecule has 4 heteroatoms. The molecule has 4 nitrogen and oxygen atoms in total. The van der Waals surface area contributed by atoms with E-state index in [1.54, 1.807) is 12.1 Å². The van der Waals surface area contributed by atoms with Crippen LogP contribution in [0.3, 0.4) is 0 Å². The van der Waals surface area contributed by atoms with Gasteiger partial charge in [0.2, 0.25) is 0 Å². The van der Waals surface area contributed by atoms with Crippen LogP contribution in [0.15, 0.2) is 30.3 Å². The smallest absolute Gasteiger partial charge is 0.338 e. The highest BCUT2D eigenvalue weighted by atomic mass is 16.5. The Morgan fingerprint density at radius 2 is 1.67 bits per heavy atom. The van der Waals surface area contributed by atoms with Crippen molar-refractivity contribution in [1.29, 1.82) is 0 Å². The largest absolute Gasteiger partial charge is 0.458 e. The molecule has 0 N–H and O–H groups in total. The summed E-state index contributed by atoms with van der Waals surface area (Å²) in [5, 5.41) is 0. The van der Waals surface area contributed by atoms with Gasteiger partial charge in [0.15, 0.2) is 0 Å². The van der Waals surface area contributed by atoms with Crippen LogP contribution in [0.1, 0.15) is 75.6 Å². The minimum Gasteiger partial charge on any atom is -0.458 e. The van der Waals surface area contributed by atoms with Crippen LogP contribution in [-0.4, -0.2) is 23.6 Å². The third-order valence-electron chi connectivity index (χ3n) is 9.45. The number of carbonyl (C=O) groups is 3. The monoisotopic (exact) mass is 408 g/mol. The Hall–Kier alpha value is -1.97. The van der Waals surface area contributed by atoms with Gasteiger partial charge in [-0.05, 0) is 67.4 Å². The zero-order valence-corrected chi connectivity index (χ0v) is 18.1. The van der Waals surface area contributed by atoms with Gasteiger partial charge in [-0.15, -0.1) is 0 Å². The van der Waals surface area contributed by atoms with Gasteiger partial charge in [-0.25, -0.2) is 4.79 Å². The molecule has 0 bridgehead atoms. The van der Waals surface area contributed by atoms with E-state index in [1.165, 1.54) is 0 Å². The molecule has 0 radical (unpaired) electrons. The lowest BCUT2D eigenvalue weighted by atomic mass is 9.45. The Morgan fingerprint density at radius 3 is 2.43 bits per heavy atom. The van der Waals surface area contributed by atoms with Crippen molar-refractivity contribution in [2.75, 3.05) is 0 Å². The van der Waals surface area contributed by atoms with E-state index in [9.17, 15) is 14.4 Å². The van der Waals surface area contributed by atoms with E-state index in [0.717, 1.165) is 32.1 Å². The number of Topliss-reactive ketones (excluding diaryl/α,β-unsaturated/α-hetero) is 2. The van der Waals surface area contributed by atoms with Crippen LogP contribution in [0, 0.1) is 34.5 Å². The first-order valence-corrected chi connectivity index (χ1v) is 11.6. The molecule has 160 valence electrons. The molecule has 0 heterocycles. The van der Waals surface area contributed by atoms with E-state index in [2.05, 4.69) is 13.8 Å². The fourth-order valence-corrected chi connectivity index (χ4v) is 7.75. The van der Waals surface area contributed by atoms with E-state index in [0.29, 0.717) is 48.4 Å². The fraction of sp³-hybridized carbons (Fsp3) is 0.654. The Balaban J connectivity index is 1.38. The maximum absolute atomic E-state index is 13.1. The van der Waals surface area contributed by atoms with Gasteiger partial charge in [0.05, 0.1) is 5.56 Å². The van der Waals surface area contributed by atoms with Crippen LogP contribution in [-0.2, 0) is 14.3 Å². The predicted molar refractivity (Wildman–Crippen MR) is 113 cm³/mol. The minimum atomic E-state index is -0.234. The van der Waals surface area contributed by atoms with E-state index >= 15 is 0 Å². The quantitative estimate of drug-likeness (QED) is 0.646. The number of ketones is 2. The van der Waals surface area contributed by atoms with Crippen LogP contribution in [0.5, 0.6) is 0 Å². The molecular weight excluding hydrogens is 376 g/mol. The normalized spacial score (nSPS) is 42.8. The summed E-state index contributed by atoms with van der Waals surface area (Å²) in [6, 6.07) is 9.23. The maximum Gasteiger partial charge on any atom is 0.338 e. The first-order valence-electron chi connectivity index (χ1n) is 11.6. The highest BCUT2D eigenvalue weighted by Gasteiger charge is 2.62. The van der Waals surface area contributed by atoms with Crippen molar-refractivity contribution in [1.82, 2.24) is 0 Å². The second-order valence-corrected chi connectivity index (χ2v) is 10.7. The van der Waals surface area contributed by atoms with Crippen molar-refractivity contribution in [3.63, 3.8) is 0 Å². The zero-order valence-electron chi connectivity index (χ0n) is 18.1. The lowest BCUT2D eigenvalue weighted by molar-refractivity contribution is -0.160. The highest BCUT2D eigenvalue weighted by molar-refractivity contribution is 5.91. The Kier molecular flexibility index (Phi) is 4.68. The number of ether oxygens (including phenoxy) is 1. The number of fused-ring (bicyclic) bond motifs is 5. The summed E-state index contributed by atoms with van der Waals surface area (Å²) in [5.41, 5.74) is 0.515. The third-order valence-corrected chi connectivity index (χ3v) is 9.45. The van der Waals surface area contributed by atoms with Crippen molar-refractivity contribution in [2.24, 2.45) is 34.5 Å². The summed E-state index contributed by atoms with van der Waals surface area (Å²) in [7, 11) is 0. The lowest BCUT2D eigenvalue weighted by Gasteiger charge is -2.59. The standard InChI is InChI=1S/C26H32O4/c1-25-12-10-17(27)14-21(25)22(28)15-18-19-8-9-23(26(19,2)13-11-20(18)25)30-24(29)16-6-4-3-5-7-16/h3-7,18-21,23H,8-15H2,1-2H3/t18-,19-,20-,21+,23+,25+,26-/m0/s1. The molecule has 7 atom stereocenters. The van der Waals surface area contributed by atoms with Gasteiger partial charge in [0.1, 0.15) is 17.7 Å². The van der Waals surface area contributed by atoms with Crippen molar-refractivity contribution in [2.45, 2.75) is 71.3 Å². The predicted octanol–water partition coefficient (Wildman–Crippen LogP) is 5.00. The van der Waals surface area contributed by atoms with Gasteiger partial charge < -0.3 is 4.74 Å². The Morgan fingerprint density at radius 1 is 0.933 bits per heavy atom. The highest BCUT2D eigenvalue weighted by Crippen LogP contribution is 2.65. The SMILES string of the molecule is C[C@]12CCC(=O)C[C@@H]1C(=O)C[C@@H]1[C@@H]2CC[C@]2(C)[C@H](OC(=O)c3ccccc3)CC[C@@H]12. The van der Waals surface area contributed by atoms with E-state index in [4.69, 9.17) is 4.74 Å². The topological polar surface area (TPSA) is 60.4 Å². The van der Waals surface area contributed by atoms with Crippen LogP contribution in [0.2, 0.25) is 0 Å². The van der Waals surface area contributed by atoms with Gasteiger partial charge in [-0.3, -0.25) is 9.59 Å². The number of hydrogen-bond acceptors (Lipinski definition) is 4. The molecule has 0 spiro atoms. The van der Waals surface area contributed by atoms with Crippen LogP contribution in [0.4, 0.5) is 0 Å². The zero-order chi connectivity index (χ0) is 21.1. The molecule has 0 aliphatic heterocycles. The summed E-state index contributed by atoms with van der Waals surface area (Å²) in [5.74, 6) is 1.56. The second kappa shape index (κ2) is 7.03. The Bertz CT molecular complexity index is 876. The first-order chi connectivity index (χ1) is 14.3. The third kappa shape index (κ3) is 2.90. The number of rotatable bonds is 2.